The number of hydrogen-bond acceptors (Lipinski definition) is 7. The molecule has 2 atom stereocenters. The molecule has 0 aromatic carbocycles. The molecular weight excluding hydrogens is 304 g/mol. The quantitative estimate of drug-likeness (QED) is 0.339. The molecule has 7 nitrogen and oxygen atoms in total. The molecule has 0 N–H and O–H groups in total. The number of rotatable bonds is 10. The Morgan fingerprint density at radius 2 is 1.65 bits per heavy atom. The average molecular weight is 332 g/mol. The van der Waals surface area contributed by atoms with Crippen LogP contribution in [0, 0.1) is 11.8 Å². The molecule has 23 heavy (non-hydrogen) atoms. The summed E-state index contributed by atoms with van der Waals surface area (Å²) in [6.07, 6.45) is 0. The van der Waals surface area contributed by atoms with E-state index < -0.39 is 35.2 Å². The number of carbonyl (C=O) groups is 3. The van der Waals surface area contributed by atoms with Crippen molar-refractivity contribution in [3.8, 4) is 0 Å². The fourth-order valence-corrected chi connectivity index (χ4v) is 1.78. The fourth-order valence-electron chi connectivity index (χ4n) is 1.78. The third-order valence-electron chi connectivity index (χ3n) is 2.84. The van der Waals surface area contributed by atoms with Crippen LogP contribution in [0.25, 0.3) is 0 Å². The zero-order valence-corrected chi connectivity index (χ0v) is 14.8. The third-order valence-corrected chi connectivity index (χ3v) is 2.84. The molecule has 0 saturated carbocycles. The number of methoxy groups -OCH3 is 1. The van der Waals surface area contributed by atoms with Gasteiger partial charge in [-0.2, -0.15) is 0 Å². The second kappa shape index (κ2) is 10.3. The number of hydrogen-bond donors (Lipinski definition) is 0. The van der Waals surface area contributed by atoms with Gasteiger partial charge in [0.1, 0.15) is 18.1 Å². The molecule has 0 spiro atoms. The minimum Gasteiger partial charge on any atom is -0.465 e. The molecule has 0 aromatic rings. The molecule has 0 aromatic heterocycles. The highest BCUT2D eigenvalue weighted by Gasteiger charge is 2.39. The van der Waals surface area contributed by atoms with E-state index in [1.54, 1.807) is 27.7 Å². The molecule has 0 aliphatic rings. The summed E-state index contributed by atoms with van der Waals surface area (Å²) >= 11 is 0. The molecule has 0 fully saturated rings. The molecule has 0 aliphatic heterocycles. The first-order valence-electron chi connectivity index (χ1n) is 7.63. The number of ether oxygens (including phenoxy) is 4. The molecule has 134 valence electrons. The van der Waals surface area contributed by atoms with Gasteiger partial charge in [0.2, 0.25) is 0 Å². The van der Waals surface area contributed by atoms with Crippen molar-refractivity contribution < 1.29 is 33.3 Å². The topological polar surface area (TPSA) is 88.1 Å². The highest BCUT2D eigenvalue weighted by Crippen LogP contribution is 2.20. The van der Waals surface area contributed by atoms with Gasteiger partial charge in [0.15, 0.2) is 5.78 Å². The van der Waals surface area contributed by atoms with E-state index in [0.29, 0.717) is 6.61 Å². The van der Waals surface area contributed by atoms with E-state index in [1.807, 2.05) is 0 Å². The normalized spacial score (nSPS) is 14.0. The van der Waals surface area contributed by atoms with Gasteiger partial charge in [-0.3, -0.25) is 14.4 Å². The number of esters is 2. The van der Waals surface area contributed by atoms with Gasteiger partial charge in [-0.05, 0) is 27.7 Å². The first-order valence-corrected chi connectivity index (χ1v) is 7.63. The van der Waals surface area contributed by atoms with Crippen molar-refractivity contribution in [3.05, 3.63) is 0 Å². The lowest BCUT2D eigenvalue weighted by Crippen LogP contribution is -2.40. The third kappa shape index (κ3) is 8.66. The van der Waals surface area contributed by atoms with Gasteiger partial charge >= 0.3 is 11.9 Å². The number of Topliss-reactive ketones (excluding diaryl/α,β-unsaturated/α-hetero) is 1. The summed E-state index contributed by atoms with van der Waals surface area (Å²) in [5.74, 6) is -4.08. The van der Waals surface area contributed by atoms with E-state index in [-0.39, 0.29) is 19.8 Å². The van der Waals surface area contributed by atoms with Crippen LogP contribution in [0.4, 0.5) is 0 Å². The lowest BCUT2D eigenvalue weighted by Gasteiger charge is -2.25. The molecule has 0 bridgehead atoms. The second-order valence-corrected chi connectivity index (χ2v) is 6.06. The Morgan fingerprint density at radius 3 is 2.13 bits per heavy atom. The van der Waals surface area contributed by atoms with Crippen LogP contribution in [0.5, 0.6) is 0 Å². The molecule has 0 rings (SSSR count). The van der Waals surface area contributed by atoms with E-state index in [9.17, 15) is 14.4 Å². The van der Waals surface area contributed by atoms with E-state index in [1.165, 1.54) is 14.0 Å². The van der Waals surface area contributed by atoms with Crippen molar-refractivity contribution in [1.82, 2.24) is 0 Å². The molecule has 0 radical (unpaired) electrons. The first kappa shape index (κ1) is 21.5. The predicted molar refractivity (Wildman–Crippen MR) is 82.8 cm³/mol. The Balaban J connectivity index is 4.95. The standard InChI is InChI=1S/C16H28O7/c1-7-22-15(19)13(12(17)10-21-9-8-20-6)11(2)14(18)23-16(3,4)5/h11,13H,7-10H2,1-6H3. The van der Waals surface area contributed by atoms with Gasteiger partial charge < -0.3 is 18.9 Å². The Labute approximate surface area is 137 Å². The second-order valence-electron chi connectivity index (χ2n) is 6.06. The molecule has 0 amide bonds. The Kier molecular flexibility index (Phi) is 9.67. The van der Waals surface area contributed by atoms with E-state index in [2.05, 4.69) is 0 Å². The predicted octanol–water partition coefficient (Wildman–Crippen LogP) is 1.38. The van der Waals surface area contributed by atoms with Gasteiger partial charge in [0.25, 0.3) is 0 Å². The zero-order chi connectivity index (χ0) is 18.0. The van der Waals surface area contributed by atoms with Crippen LogP contribution >= 0.6 is 0 Å². The average Bonchev–Trinajstić information content (AvgIpc) is 2.42. The van der Waals surface area contributed by atoms with E-state index >= 15 is 0 Å². The highest BCUT2D eigenvalue weighted by atomic mass is 16.6. The van der Waals surface area contributed by atoms with E-state index in [0.717, 1.165) is 0 Å². The largest absolute Gasteiger partial charge is 0.465 e. The molecule has 0 heterocycles. The van der Waals surface area contributed by atoms with Crippen molar-refractivity contribution in [3.63, 3.8) is 0 Å². The maximum Gasteiger partial charge on any atom is 0.317 e. The van der Waals surface area contributed by atoms with Gasteiger partial charge in [0.05, 0.1) is 25.7 Å². The lowest BCUT2D eigenvalue weighted by molar-refractivity contribution is -0.170. The minimum atomic E-state index is -1.24. The first-order chi connectivity index (χ1) is 10.6. The minimum absolute atomic E-state index is 0.119. The molecule has 7 heteroatoms. The molecule has 0 aliphatic carbocycles. The monoisotopic (exact) mass is 332 g/mol. The van der Waals surface area contributed by atoms with Crippen molar-refractivity contribution in [2.75, 3.05) is 33.5 Å². The summed E-state index contributed by atoms with van der Waals surface area (Å²) in [6, 6.07) is 0. The van der Waals surface area contributed by atoms with Gasteiger partial charge in [-0.25, -0.2) is 0 Å². The van der Waals surface area contributed by atoms with Crippen molar-refractivity contribution in [1.29, 1.82) is 0 Å². The summed E-state index contributed by atoms with van der Waals surface area (Å²) in [4.78, 5) is 36.5. The Hall–Kier alpha value is -1.47. The maximum absolute atomic E-state index is 12.3. The van der Waals surface area contributed by atoms with Crippen LogP contribution in [0.2, 0.25) is 0 Å². The van der Waals surface area contributed by atoms with Crippen molar-refractivity contribution in [2.45, 2.75) is 40.2 Å². The highest BCUT2D eigenvalue weighted by molar-refractivity contribution is 6.03. The van der Waals surface area contributed by atoms with Crippen LogP contribution in [0.1, 0.15) is 34.6 Å². The van der Waals surface area contributed by atoms with Crippen LogP contribution < -0.4 is 0 Å². The Morgan fingerprint density at radius 1 is 1.04 bits per heavy atom. The molecule has 0 saturated heterocycles. The maximum atomic E-state index is 12.3. The summed E-state index contributed by atoms with van der Waals surface area (Å²) in [7, 11) is 1.51. The molecular formula is C16H28O7. The van der Waals surface area contributed by atoms with Crippen molar-refractivity contribution >= 4 is 17.7 Å². The van der Waals surface area contributed by atoms with Crippen LogP contribution in [0.15, 0.2) is 0 Å². The summed E-state index contributed by atoms with van der Waals surface area (Å²) < 4.78 is 20.1. The SMILES string of the molecule is CCOC(=O)C(C(=O)COCCOC)C(C)C(=O)OC(C)(C)C. The van der Waals surface area contributed by atoms with Gasteiger partial charge in [-0.1, -0.05) is 6.92 Å². The summed E-state index contributed by atoms with van der Waals surface area (Å²) in [6.45, 7) is 8.63. The summed E-state index contributed by atoms with van der Waals surface area (Å²) in [5.41, 5.74) is -0.706. The van der Waals surface area contributed by atoms with Crippen LogP contribution in [-0.4, -0.2) is 56.9 Å². The van der Waals surface area contributed by atoms with E-state index in [4.69, 9.17) is 18.9 Å². The van der Waals surface area contributed by atoms with Gasteiger partial charge in [0, 0.05) is 7.11 Å². The lowest BCUT2D eigenvalue weighted by atomic mass is 9.90. The zero-order valence-electron chi connectivity index (χ0n) is 14.8. The smallest absolute Gasteiger partial charge is 0.317 e. The fraction of sp³-hybridized carbons (Fsp3) is 0.812. The number of ketones is 1. The Bertz CT molecular complexity index is 398. The van der Waals surface area contributed by atoms with Crippen LogP contribution in [-0.2, 0) is 33.3 Å². The molecule has 2 unspecified atom stereocenters. The number of carbonyl (C=O) groups excluding carboxylic acids is 3. The van der Waals surface area contributed by atoms with Crippen molar-refractivity contribution in [2.24, 2.45) is 11.8 Å². The summed E-state index contributed by atoms with van der Waals surface area (Å²) in [5, 5.41) is 0. The van der Waals surface area contributed by atoms with Crippen LogP contribution in [0.3, 0.4) is 0 Å². The van der Waals surface area contributed by atoms with Gasteiger partial charge in [-0.15, -0.1) is 0 Å².